The molecule has 108 valence electrons. The molecule has 0 spiro atoms. The van der Waals surface area contributed by atoms with Gasteiger partial charge in [-0.3, -0.25) is 14.9 Å². The smallest absolute Gasteiger partial charge is 0.325 e. The minimum atomic E-state index is -1.08. The van der Waals surface area contributed by atoms with E-state index in [1.807, 2.05) is 32.9 Å². The number of nitrogens with one attached hydrogen (secondary N) is 2. The lowest BCUT2D eigenvalue weighted by Gasteiger charge is -2.13. The van der Waals surface area contributed by atoms with Gasteiger partial charge < -0.3 is 10.4 Å². The van der Waals surface area contributed by atoms with Crippen molar-refractivity contribution >= 4 is 23.6 Å². The summed E-state index contributed by atoms with van der Waals surface area (Å²) in [6.45, 7) is 5.68. The van der Waals surface area contributed by atoms with Crippen molar-refractivity contribution < 1.29 is 19.5 Å². The molecule has 0 aliphatic rings. The Kier molecular flexibility index (Phi) is 5.25. The molecule has 1 aromatic rings. The van der Waals surface area contributed by atoms with E-state index in [1.165, 1.54) is 0 Å². The number of carbonyl (C=O) groups excluding carboxylic acids is 2. The molecule has 0 aromatic heterocycles. The van der Waals surface area contributed by atoms with Crippen LogP contribution in [0.5, 0.6) is 0 Å². The second kappa shape index (κ2) is 6.70. The molecular weight excluding hydrogens is 260 g/mol. The minimum absolute atomic E-state index is 0.228. The van der Waals surface area contributed by atoms with Crippen LogP contribution in [0.4, 0.5) is 10.5 Å². The van der Waals surface area contributed by atoms with Gasteiger partial charge in [-0.05, 0) is 31.9 Å². The van der Waals surface area contributed by atoms with E-state index in [1.54, 1.807) is 0 Å². The molecule has 0 heterocycles. The monoisotopic (exact) mass is 278 g/mol. The Balaban J connectivity index is 2.63. The van der Waals surface area contributed by atoms with Crippen molar-refractivity contribution in [1.29, 1.82) is 0 Å². The molecule has 20 heavy (non-hydrogen) atoms. The number of hydrogen-bond donors (Lipinski definition) is 3. The van der Waals surface area contributed by atoms with E-state index in [0.29, 0.717) is 5.69 Å². The molecule has 0 aliphatic carbocycles. The highest BCUT2D eigenvalue weighted by Gasteiger charge is 2.12. The van der Waals surface area contributed by atoms with Crippen molar-refractivity contribution in [2.45, 2.75) is 33.6 Å². The summed E-state index contributed by atoms with van der Waals surface area (Å²) in [5.74, 6) is -1.70. The number of benzene rings is 1. The van der Waals surface area contributed by atoms with Gasteiger partial charge in [0.25, 0.3) is 0 Å². The molecule has 0 bridgehead atoms. The predicted molar refractivity (Wildman–Crippen MR) is 74.7 cm³/mol. The fourth-order valence-corrected chi connectivity index (χ4v) is 1.93. The summed E-state index contributed by atoms with van der Waals surface area (Å²) in [7, 11) is 0. The molecule has 1 rings (SSSR count). The van der Waals surface area contributed by atoms with E-state index in [2.05, 4.69) is 10.6 Å². The topological polar surface area (TPSA) is 95.5 Å². The summed E-state index contributed by atoms with van der Waals surface area (Å²) >= 11 is 0. The maximum Gasteiger partial charge on any atom is 0.325 e. The van der Waals surface area contributed by atoms with Crippen LogP contribution in [-0.2, 0) is 9.59 Å². The average molecular weight is 278 g/mol. The molecule has 6 heteroatoms. The third-order valence-electron chi connectivity index (χ3n) is 2.73. The van der Waals surface area contributed by atoms with Crippen molar-refractivity contribution in [3.8, 4) is 0 Å². The van der Waals surface area contributed by atoms with E-state index >= 15 is 0 Å². The Hall–Kier alpha value is -2.37. The number of aryl methyl sites for hydroxylation is 3. The lowest BCUT2D eigenvalue weighted by molar-refractivity contribution is -0.138. The molecule has 0 fully saturated rings. The van der Waals surface area contributed by atoms with E-state index in [9.17, 15) is 14.4 Å². The Bertz CT molecular complexity index is 529. The second-order valence-corrected chi connectivity index (χ2v) is 4.67. The first kappa shape index (κ1) is 15.7. The molecule has 0 radical (unpaired) electrons. The molecule has 0 saturated heterocycles. The normalized spacial score (nSPS) is 9.95. The largest absolute Gasteiger partial charge is 0.481 e. The molecule has 1 aromatic carbocycles. The van der Waals surface area contributed by atoms with Gasteiger partial charge in [0.1, 0.15) is 0 Å². The number of carboxylic acid groups (broad SMARTS) is 1. The molecule has 0 unspecified atom stereocenters. The van der Waals surface area contributed by atoms with E-state index in [0.717, 1.165) is 16.7 Å². The van der Waals surface area contributed by atoms with Gasteiger partial charge in [-0.25, -0.2) is 4.79 Å². The van der Waals surface area contributed by atoms with Gasteiger partial charge >= 0.3 is 12.0 Å². The van der Waals surface area contributed by atoms with Crippen molar-refractivity contribution in [1.82, 2.24) is 5.32 Å². The number of hydrogen-bond acceptors (Lipinski definition) is 3. The van der Waals surface area contributed by atoms with E-state index in [-0.39, 0.29) is 12.8 Å². The van der Waals surface area contributed by atoms with Crippen LogP contribution >= 0.6 is 0 Å². The molecule has 0 atom stereocenters. The first-order valence-electron chi connectivity index (χ1n) is 6.20. The highest BCUT2D eigenvalue weighted by molar-refractivity contribution is 6.02. The van der Waals surface area contributed by atoms with E-state index in [4.69, 9.17) is 5.11 Å². The van der Waals surface area contributed by atoms with Crippen molar-refractivity contribution in [3.63, 3.8) is 0 Å². The maximum atomic E-state index is 11.7. The number of imide groups is 1. The molecular formula is C14H18N2O4. The molecule has 6 nitrogen and oxygen atoms in total. The number of aliphatic carboxylic acids is 1. The summed E-state index contributed by atoms with van der Waals surface area (Å²) in [4.78, 5) is 33.3. The summed E-state index contributed by atoms with van der Waals surface area (Å²) in [6.07, 6.45) is -0.531. The standard InChI is InChI=1S/C14H18N2O4/c1-8-6-9(2)13(10(3)7-8)16-14(20)15-11(17)4-5-12(18)19/h6-7H,4-5H2,1-3H3,(H,18,19)(H2,15,16,17,20). The first-order valence-corrected chi connectivity index (χ1v) is 6.20. The van der Waals surface area contributed by atoms with Crippen LogP contribution in [0.25, 0.3) is 0 Å². The third kappa shape index (κ3) is 4.72. The molecule has 0 aliphatic heterocycles. The van der Waals surface area contributed by atoms with Crippen LogP contribution in [0.1, 0.15) is 29.5 Å². The fourth-order valence-electron chi connectivity index (χ4n) is 1.93. The second-order valence-electron chi connectivity index (χ2n) is 4.67. The number of urea groups is 1. The van der Waals surface area contributed by atoms with Gasteiger partial charge in [-0.15, -0.1) is 0 Å². The van der Waals surface area contributed by atoms with Crippen molar-refractivity contribution in [2.75, 3.05) is 5.32 Å². The van der Waals surface area contributed by atoms with Crippen LogP contribution < -0.4 is 10.6 Å². The van der Waals surface area contributed by atoms with E-state index < -0.39 is 17.9 Å². The van der Waals surface area contributed by atoms with Crippen LogP contribution in [0.2, 0.25) is 0 Å². The third-order valence-corrected chi connectivity index (χ3v) is 2.73. The maximum absolute atomic E-state index is 11.7. The zero-order valence-electron chi connectivity index (χ0n) is 11.7. The Morgan fingerprint density at radius 2 is 1.60 bits per heavy atom. The van der Waals surface area contributed by atoms with Crippen LogP contribution in [0.3, 0.4) is 0 Å². The zero-order valence-corrected chi connectivity index (χ0v) is 11.7. The summed E-state index contributed by atoms with van der Waals surface area (Å²) in [6, 6.07) is 3.19. The highest BCUT2D eigenvalue weighted by Crippen LogP contribution is 2.21. The highest BCUT2D eigenvalue weighted by atomic mass is 16.4. The lowest BCUT2D eigenvalue weighted by atomic mass is 10.1. The summed E-state index contributed by atoms with van der Waals surface area (Å²) in [5.41, 5.74) is 3.54. The summed E-state index contributed by atoms with van der Waals surface area (Å²) in [5, 5.41) is 13.2. The SMILES string of the molecule is Cc1cc(C)c(NC(=O)NC(=O)CCC(=O)O)c(C)c1. The Labute approximate surface area is 117 Å². The molecule has 3 N–H and O–H groups in total. The predicted octanol–water partition coefficient (Wildman–Crippen LogP) is 2.12. The fraction of sp³-hybridized carbons (Fsp3) is 0.357. The number of amides is 3. The van der Waals surface area contributed by atoms with Gasteiger partial charge in [-0.1, -0.05) is 17.7 Å². The minimum Gasteiger partial charge on any atom is -0.481 e. The Morgan fingerprint density at radius 3 is 2.10 bits per heavy atom. The average Bonchev–Trinajstić information content (AvgIpc) is 2.31. The van der Waals surface area contributed by atoms with Gasteiger partial charge in [0.05, 0.1) is 6.42 Å². The molecule has 3 amide bonds. The van der Waals surface area contributed by atoms with Crippen molar-refractivity contribution in [2.24, 2.45) is 0 Å². The lowest BCUT2D eigenvalue weighted by Crippen LogP contribution is -2.34. The van der Waals surface area contributed by atoms with Gasteiger partial charge in [0, 0.05) is 12.1 Å². The first-order chi connectivity index (χ1) is 9.29. The number of rotatable bonds is 4. The van der Waals surface area contributed by atoms with Crippen LogP contribution in [0.15, 0.2) is 12.1 Å². The summed E-state index contributed by atoms with van der Waals surface area (Å²) < 4.78 is 0. The number of carboxylic acids is 1. The Morgan fingerprint density at radius 1 is 1.05 bits per heavy atom. The number of anilines is 1. The van der Waals surface area contributed by atoms with Crippen LogP contribution in [-0.4, -0.2) is 23.0 Å². The van der Waals surface area contributed by atoms with Crippen LogP contribution in [0, 0.1) is 20.8 Å². The zero-order chi connectivity index (χ0) is 15.3. The number of carbonyl (C=O) groups is 3. The van der Waals surface area contributed by atoms with Crippen molar-refractivity contribution in [3.05, 3.63) is 28.8 Å². The molecule has 0 saturated carbocycles. The van der Waals surface area contributed by atoms with Gasteiger partial charge in [-0.2, -0.15) is 0 Å². The van der Waals surface area contributed by atoms with Gasteiger partial charge in [0.2, 0.25) is 5.91 Å². The van der Waals surface area contributed by atoms with Gasteiger partial charge in [0.15, 0.2) is 0 Å². The quantitative estimate of drug-likeness (QED) is 0.786.